The van der Waals surface area contributed by atoms with Gasteiger partial charge in [0.15, 0.2) is 0 Å². The Morgan fingerprint density at radius 1 is 1.35 bits per heavy atom. The minimum Gasteiger partial charge on any atom is -0.492 e. The lowest BCUT2D eigenvalue weighted by Crippen LogP contribution is -2.15. The van der Waals surface area contributed by atoms with Crippen molar-refractivity contribution in [1.29, 1.82) is 0 Å². The number of aryl methyl sites for hydroxylation is 1. The Balaban J connectivity index is 3.18. The Bertz CT molecular complexity index is 598. The molecule has 0 aromatic heterocycles. The third-order valence-electron chi connectivity index (χ3n) is 2.74. The number of unbranched alkanes of at least 4 members (excludes halogenated alkanes) is 2. The molecule has 2 N–H and O–H groups in total. The largest absolute Gasteiger partial charge is 0.492 e. The highest BCUT2D eigenvalue weighted by Crippen LogP contribution is 2.31. The molecule has 7 nitrogen and oxygen atoms in total. The first kappa shape index (κ1) is 16.4. The summed E-state index contributed by atoms with van der Waals surface area (Å²) in [4.78, 5) is 9.76. The van der Waals surface area contributed by atoms with Crippen molar-refractivity contribution in [2.75, 3.05) is 6.61 Å². The molecule has 1 rings (SSSR count). The Morgan fingerprint density at radius 2 is 2.00 bits per heavy atom. The van der Waals surface area contributed by atoms with Gasteiger partial charge >= 0.3 is 0 Å². The van der Waals surface area contributed by atoms with Gasteiger partial charge in [0.05, 0.1) is 11.5 Å². The minimum atomic E-state index is -4.08. The van der Waals surface area contributed by atoms with E-state index in [0.29, 0.717) is 12.2 Å². The number of non-ortho nitro benzene ring substituents is 1. The van der Waals surface area contributed by atoms with E-state index in [1.165, 1.54) is 6.07 Å². The number of sulfonamides is 1. The van der Waals surface area contributed by atoms with Crippen LogP contribution in [0.4, 0.5) is 5.69 Å². The van der Waals surface area contributed by atoms with Gasteiger partial charge in [-0.25, -0.2) is 13.6 Å². The third-order valence-corrected chi connectivity index (χ3v) is 3.65. The summed E-state index contributed by atoms with van der Waals surface area (Å²) in [5.41, 5.74) is 0.0483. The van der Waals surface area contributed by atoms with Crippen LogP contribution in [-0.2, 0) is 10.0 Å². The van der Waals surface area contributed by atoms with Crippen LogP contribution in [0, 0.1) is 17.0 Å². The molecule has 0 amide bonds. The number of nitrogens with two attached hydrogens (primary N) is 1. The number of primary sulfonamides is 1. The van der Waals surface area contributed by atoms with Crippen LogP contribution in [0.1, 0.15) is 31.7 Å². The molecule has 0 radical (unpaired) electrons. The van der Waals surface area contributed by atoms with E-state index in [1.54, 1.807) is 6.92 Å². The highest BCUT2D eigenvalue weighted by atomic mass is 32.2. The van der Waals surface area contributed by atoms with E-state index in [0.717, 1.165) is 25.3 Å². The van der Waals surface area contributed by atoms with Crippen LogP contribution in [0.2, 0.25) is 0 Å². The summed E-state index contributed by atoms with van der Waals surface area (Å²) in [6.07, 6.45) is 2.73. The van der Waals surface area contributed by atoms with Crippen molar-refractivity contribution in [2.45, 2.75) is 38.0 Å². The summed E-state index contributed by atoms with van der Waals surface area (Å²) < 4.78 is 28.5. The number of benzene rings is 1. The maximum Gasteiger partial charge on any atom is 0.271 e. The fourth-order valence-electron chi connectivity index (χ4n) is 1.75. The van der Waals surface area contributed by atoms with Gasteiger partial charge in [0.2, 0.25) is 10.0 Å². The number of ether oxygens (including phenoxy) is 1. The molecular weight excluding hydrogens is 284 g/mol. The molecular formula is C12H18N2O5S. The summed E-state index contributed by atoms with van der Waals surface area (Å²) >= 11 is 0. The van der Waals surface area contributed by atoms with Gasteiger partial charge in [0.25, 0.3) is 5.69 Å². The van der Waals surface area contributed by atoms with Gasteiger partial charge in [-0.1, -0.05) is 19.8 Å². The number of nitrogens with zero attached hydrogens (tertiary/aromatic N) is 1. The molecule has 112 valence electrons. The molecule has 0 saturated carbocycles. The van der Waals surface area contributed by atoms with Crippen LogP contribution >= 0.6 is 0 Å². The van der Waals surface area contributed by atoms with Crippen LogP contribution in [0.15, 0.2) is 17.0 Å². The zero-order valence-electron chi connectivity index (χ0n) is 11.5. The normalized spacial score (nSPS) is 11.3. The lowest BCUT2D eigenvalue weighted by molar-refractivity contribution is -0.385. The number of hydrogen-bond acceptors (Lipinski definition) is 5. The van der Waals surface area contributed by atoms with Crippen LogP contribution < -0.4 is 9.88 Å². The molecule has 1 aromatic rings. The van der Waals surface area contributed by atoms with E-state index in [4.69, 9.17) is 9.88 Å². The Hall–Kier alpha value is -1.67. The predicted molar refractivity (Wildman–Crippen MR) is 74.2 cm³/mol. The van der Waals surface area contributed by atoms with Gasteiger partial charge in [-0.2, -0.15) is 0 Å². The van der Waals surface area contributed by atoms with E-state index in [-0.39, 0.29) is 16.3 Å². The smallest absolute Gasteiger partial charge is 0.271 e. The molecule has 8 heteroatoms. The standard InChI is InChI=1S/C12H18N2O5S/c1-3-4-5-6-19-12-9(2)7-10(14(15)16)8-11(12)20(13,17)18/h7-8H,3-6H2,1-2H3,(H2,13,17,18). The summed E-state index contributed by atoms with van der Waals surface area (Å²) in [6, 6.07) is 2.20. The van der Waals surface area contributed by atoms with Gasteiger partial charge in [0.1, 0.15) is 10.6 Å². The lowest BCUT2D eigenvalue weighted by atomic mass is 10.2. The number of nitro groups is 1. The molecule has 20 heavy (non-hydrogen) atoms. The van der Waals surface area contributed by atoms with Gasteiger partial charge < -0.3 is 4.74 Å². The fourth-order valence-corrected chi connectivity index (χ4v) is 2.51. The summed E-state index contributed by atoms with van der Waals surface area (Å²) in [5, 5.41) is 15.9. The zero-order chi connectivity index (χ0) is 15.3. The van der Waals surface area contributed by atoms with Crippen molar-refractivity contribution in [3.8, 4) is 5.75 Å². The Morgan fingerprint density at radius 3 is 2.50 bits per heavy atom. The summed E-state index contributed by atoms with van der Waals surface area (Å²) in [5.74, 6) is 0.0919. The van der Waals surface area contributed by atoms with Crippen molar-refractivity contribution in [3.63, 3.8) is 0 Å². The van der Waals surface area contributed by atoms with Crippen molar-refractivity contribution < 1.29 is 18.1 Å². The molecule has 1 aromatic carbocycles. The first-order valence-electron chi connectivity index (χ1n) is 6.22. The molecule has 0 aliphatic heterocycles. The molecule has 0 aliphatic carbocycles. The zero-order valence-corrected chi connectivity index (χ0v) is 12.3. The number of rotatable bonds is 7. The van der Waals surface area contributed by atoms with Crippen molar-refractivity contribution in [2.24, 2.45) is 5.14 Å². The maximum atomic E-state index is 11.5. The third kappa shape index (κ3) is 4.17. The van der Waals surface area contributed by atoms with Crippen LogP contribution in [0.5, 0.6) is 5.75 Å². The average Bonchev–Trinajstić information content (AvgIpc) is 2.34. The van der Waals surface area contributed by atoms with Crippen molar-refractivity contribution in [1.82, 2.24) is 0 Å². The SMILES string of the molecule is CCCCCOc1c(C)cc([N+](=O)[O-])cc1S(N)(=O)=O. The van der Waals surface area contributed by atoms with Crippen molar-refractivity contribution >= 4 is 15.7 Å². The number of hydrogen-bond donors (Lipinski definition) is 1. The summed E-state index contributed by atoms with van der Waals surface area (Å²) in [7, 11) is -4.08. The maximum absolute atomic E-state index is 11.5. The molecule has 0 unspecified atom stereocenters. The van der Waals surface area contributed by atoms with Gasteiger partial charge in [-0.15, -0.1) is 0 Å². The molecule has 0 saturated heterocycles. The van der Waals surface area contributed by atoms with Gasteiger partial charge in [0, 0.05) is 12.1 Å². The number of nitro benzene ring substituents is 1. The van der Waals surface area contributed by atoms with Gasteiger partial charge in [-0.3, -0.25) is 10.1 Å². The Kier molecular flexibility index (Phi) is 5.46. The lowest BCUT2D eigenvalue weighted by Gasteiger charge is -2.12. The Labute approximate surface area is 117 Å². The van der Waals surface area contributed by atoms with Crippen molar-refractivity contribution in [3.05, 3.63) is 27.8 Å². The highest BCUT2D eigenvalue weighted by molar-refractivity contribution is 7.89. The molecule has 0 atom stereocenters. The van der Waals surface area contributed by atoms with Crippen LogP contribution in [0.3, 0.4) is 0 Å². The van der Waals surface area contributed by atoms with E-state index >= 15 is 0 Å². The minimum absolute atomic E-state index is 0.0919. The van der Waals surface area contributed by atoms with E-state index < -0.39 is 14.9 Å². The molecule has 0 bridgehead atoms. The van der Waals surface area contributed by atoms with Crippen LogP contribution in [0.25, 0.3) is 0 Å². The quantitative estimate of drug-likeness (QED) is 0.471. The molecule has 0 spiro atoms. The molecule has 0 heterocycles. The topological polar surface area (TPSA) is 113 Å². The monoisotopic (exact) mass is 302 g/mol. The van der Waals surface area contributed by atoms with E-state index in [9.17, 15) is 18.5 Å². The predicted octanol–water partition coefficient (Wildman–Crippen LogP) is 2.12. The average molecular weight is 302 g/mol. The van der Waals surface area contributed by atoms with Gasteiger partial charge in [-0.05, 0) is 18.9 Å². The fraction of sp³-hybridized carbons (Fsp3) is 0.500. The first-order valence-corrected chi connectivity index (χ1v) is 7.76. The first-order chi connectivity index (χ1) is 9.27. The second-order valence-corrected chi connectivity index (χ2v) is 5.98. The van der Waals surface area contributed by atoms with E-state index in [2.05, 4.69) is 0 Å². The second kappa shape index (κ2) is 6.67. The molecule has 0 fully saturated rings. The highest BCUT2D eigenvalue weighted by Gasteiger charge is 2.22. The van der Waals surface area contributed by atoms with E-state index in [1.807, 2.05) is 6.92 Å². The van der Waals surface area contributed by atoms with Crippen LogP contribution in [-0.4, -0.2) is 19.9 Å². The second-order valence-electron chi connectivity index (χ2n) is 4.45. The summed E-state index contributed by atoms with van der Waals surface area (Å²) in [6.45, 7) is 3.93. The molecule has 0 aliphatic rings.